The van der Waals surface area contributed by atoms with Gasteiger partial charge in [-0.25, -0.2) is 0 Å². The summed E-state index contributed by atoms with van der Waals surface area (Å²) in [7, 11) is 0. The van der Waals surface area contributed by atoms with Gasteiger partial charge in [-0.15, -0.1) is 0 Å². The highest BCUT2D eigenvalue weighted by Crippen LogP contribution is 2.24. The van der Waals surface area contributed by atoms with Crippen LogP contribution in [-0.4, -0.2) is 23.3 Å². The molecule has 0 amide bonds. The number of aromatic nitrogens is 1. The zero-order chi connectivity index (χ0) is 15.8. The minimum Gasteiger partial charge on any atom is -0.466 e. The van der Waals surface area contributed by atoms with Gasteiger partial charge in [-0.1, -0.05) is 6.42 Å². The lowest BCUT2D eigenvalue weighted by molar-refractivity contribution is -0.143. The number of esters is 1. The minimum absolute atomic E-state index is 0.185. The van der Waals surface area contributed by atoms with Crippen LogP contribution in [0.1, 0.15) is 50.5 Å². The van der Waals surface area contributed by atoms with Crippen LogP contribution in [0.3, 0.4) is 0 Å². The average molecular weight is 368 g/mol. The normalized spacial score (nSPS) is 18.2. The van der Waals surface area contributed by atoms with Crippen LogP contribution < -0.4 is 0 Å². The summed E-state index contributed by atoms with van der Waals surface area (Å²) in [5.74, 6) is 0.398. The van der Waals surface area contributed by atoms with Gasteiger partial charge in [0, 0.05) is 35.6 Å². The van der Waals surface area contributed by atoms with Crippen LogP contribution in [0.5, 0.6) is 0 Å². The van der Waals surface area contributed by atoms with E-state index in [4.69, 9.17) is 4.74 Å². The van der Waals surface area contributed by atoms with Crippen LogP contribution in [0, 0.1) is 5.92 Å². The van der Waals surface area contributed by atoms with Gasteiger partial charge in [-0.05, 0) is 59.7 Å². The number of carbonyl (C=O) groups excluding carboxylic acids is 2. The van der Waals surface area contributed by atoms with Gasteiger partial charge in [0.05, 0.1) is 6.61 Å². The third-order valence-corrected chi connectivity index (χ3v) is 4.45. The Kier molecular flexibility index (Phi) is 7.03. The molecule has 1 atom stereocenters. The van der Waals surface area contributed by atoms with Gasteiger partial charge < -0.3 is 4.74 Å². The summed E-state index contributed by atoms with van der Waals surface area (Å²) in [4.78, 5) is 27.5. The fourth-order valence-corrected chi connectivity index (χ4v) is 3.20. The van der Waals surface area contributed by atoms with Crippen molar-refractivity contribution in [3.05, 3.63) is 28.5 Å². The average Bonchev–Trinajstić information content (AvgIpc) is 2.51. The van der Waals surface area contributed by atoms with E-state index in [9.17, 15) is 9.59 Å². The Morgan fingerprint density at radius 2 is 2.23 bits per heavy atom. The van der Waals surface area contributed by atoms with E-state index in [1.165, 1.54) is 0 Å². The molecule has 0 aromatic carbocycles. The number of rotatable bonds is 7. The summed E-state index contributed by atoms with van der Waals surface area (Å²) in [6, 6.07) is 1.95. The lowest BCUT2D eigenvalue weighted by Crippen LogP contribution is -2.19. The molecule has 0 bridgehead atoms. The Balaban J connectivity index is 1.58. The summed E-state index contributed by atoms with van der Waals surface area (Å²) in [6.07, 6.45) is 10.0. The Morgan fingerprint density at radius 1 is 1.36 bits per heavy atom. The van der Waals surface area contributed by atoms with Gasteiger partial charge in [0.2, 0.25) is 0 Å². The summed E-state index contributed by atoms with van der Waals surface area (Å²) < 4.78 is 6.15. The Labute approximate surface area is 139 Å². The molecule has 1 unspecified atom stereocenters. The number of carbonyl (C=O) groups is 2. The first-order valence-electron chi connectivity index (χ1n) is 7.93. The van der Waals surface area contributed by atoms with Crippen molar-refractivity contribution in [1.29, 1.82) is 0 Å². The highest BCUT2D eigenvalue weighted by molar-refractivity contribution is 9.10. The van der Waals surface area contributed by atoms with Gasteiger partial charge in [0.25, 0.3) is 0 Å². The maximum absolute atomic E-state index is 11.7. The standard InChI is InChI=1S/C17H22BrNO3/c18-15-10-13(11-19-12-15)7-8-17(21)22-9-3-5-14-4-1-2-6-16(14)20/h10-12,14H,1-9H2. The number of Topliss-reactive ketones (excluding diaryl/α,β-unsaturated/α-hetero) is 1. The number of aryl methyl sites for hydroxylation is 1. The van der Waals surface area contributed by atoms with Crippen molar-refractivity contribution in [1.82, 2.24) is 4.98 Å². The van der Waals surface area contributed by atoms with Crippen molar-refractivity contribution in [3.8, 4) is 0 Å². The number of nitrogens with zero attached hydrogens (tertiary/aromatic N) is 1. The summed E-state index contributed by atoms with van der Waals surface area (Å²) >= 11 is 3.36. The van der Waals surface area contributed by atoms with Crippen LogP contribution >= 0.6 is 15.9 Å². The first-order valence-corrected chi connectivity index (χ1v) is 8.72. The molecule has 0 N–H and O–H groups in total. The van der Waals surface area contributed by atoms with Gasteiger partial charge in [-0.3, -0.25) is 14.6 Å². The van der Waals surface area contributed by atoms with Gasteiger partial charge >= 0.3 is 5.97 Å². The molecule has 0 radical (unpaired) electrons. The van der Waals surface area contributed by atoms with Crippen molar-refractivity contribution in [2.24, 2.45) is 5.92 Å². The minimum atomic E-state index is -0.185. The zero-order valence-corrected chi connectivity index (χ0v) is 14.3. The molecule has 2 rings (SSSR count). The van der Waals surface area contributed by atoms with Crippen LogP contribution in [0.25, 0.3) is 0 Å². The van der Waals surface area contributed by atoms with E-state index in [1.54, 1.807) is 12.4 Å². The maximum Gasteiger partial charge on any atom is 0.306 e. The summed E-state index contributed by atoms with van der Waals surface area (Å²) in [5.41, 5.74) is 1.01. The van der Waals surface area contributed by atoms with E-state index in [-0.39, 0.29) is 11.9 Å². The van der Waals surface area contributed by atoms with E-state index in [1.807, 2.05) is 6.07 Å². The molecule has 1 aliphatic rings. The van der Waals surface area contributed by atoms with Crippen molar-refractivity contribution in [2.45, 2.75) is 51.4 Å². The highest BCUT2D eigenvalue weighted by Gasteiger charge is 2.21. The van der Waals surface area contributed by atoms with E-state index in [2.05, 4.69) is 20.9 Å². The molecule has 1 aromatic rings. The molecule has 120 valence electrons. The Bertz CT molecular complexity index is 518. The lowest BCUT2D eigenvalue weighted by atomic mass is 9.85. The number of hydrogen-bond acceptors (Lipinski definition) is 4. The largest absolute Gasteiger partial charge is 0.466 e. The molecule has 0 spiro atoms. The molecule has 0 aliphatic heterocycles. The van der Waals surface area contributed by atoms with Gasteiger partial charge in [0.15, 0.2) is 0 Å². The molecule has 1 fully saturated rings. The van der Waals surface area contributed by atoms with Crippen molar-refractivity contribution in [2.75, 3.05) is 6.61 Å². The first kappa shape index (κ1) is 17.1. The third kappa shape index (κ3) is 5.87. The monoisotopic (exact) mass is 367 g/mol. The Hall–Kier alpha value is -1.23. The summed E-state index contributed by atoms with van der Waals surface area (Å²) in [6.45, 7) is 0.416. The maximum atomic E-state index is 11.7. The van der Waals surface area contributed by atoms with E-state index < -0.39 is 0 Å². The second-order valence-electron chi connectivity index (χ2n) is 5.78. The smallest absolute Gasteiger partial charge is 0.306 e. The SMILES string of the molecule is O=C(CCc1cncc(Br)c1)OCCCC1CCCCC1=O. The molecule has 22 heavy (non-hydrogen) atoms. The number of hydrogen-bond donors (Lipinski definition) is 0. The molecule has 1 aliphatic carbocycles. The van der Waals surface area contributed by atoms with E-state index >= 15 is 0 Å². The molecule has 1 saturated carbocycles. The fourth-order valence-electron chi connectivity index (χ4n) is 2.79. The van der Waals surface area contributed by atoms with Crippen LogP contribution in [-0.2, 0) is 20.7 Å². The molecule has 4 nitrogen and oxygen atoms in total. The first-order chi connectivity index (χ1) is 10.6. The number of halogens is 1. The third-order valence-electron chi connectivity index (χ3n) is 4.02. The Morgan fingerprint density at radius 3 is 3.00 bits per heavy atom. The number of ether oxygens (including phenoxy) is 1. The molecule has 1 heterocycles. The number of pyridine rings is 1. The van der Waals surface area contributed by atoms with Crippen LogP contribution in [0.4, 0.5) is 0 Å². The summed E-state index contributed by atoms with van der Waals surface area (Å²) in [5, 5.41) is 0. The second-order valence-corrected chi connectivity index (χ2v) is 6.70. The topological polar surface area (TPSA) is 56.3 Å². The van der Waals surface area contributed by atoms with Crippen LogP contribution in [0.15, 0.2) is 22.9 Å². The van der Waals surface area contributed by atoms with E-state index in [0.29, 0.717) is 25.2 Å². The van der Waals surface area contributed by atoms with Gasteiger partial charge in [-0.2, -0.15) is 0 Å². The molecule has 0 saturated heterocycles. The van der Waals surface area contributed by atoms with Crippen molar-refractivity contribution in [3.63, 3.8) is 0 Å². The molecular weight excluding hydrogens is 346 g/mol. The predicted molar refractivity (Wildman–Crippen MR) is 87.4 cm³/mol. The zero-order valence-electron chi connectivity index (χ0n) is 12.7. The van der Waals surface area contributed by atoms with Crippen molar-refractivity contribution >= 4 is 27.7 Å². The molecule has 1 aromatic heterocycles. The van der Waals surface area contributed by atoms with E-state index in [0.717, 1.165) is 48.6 Å². The molecular formula is C17H22BrNO3. The second kappa shape index (κ2) is 9.03. The quantitative estimate of drug-likeness (QED) is 0.542. The lowest BCUT2D eigenvalue weighted by Gasteiger charge is -2.19. The highest BCUT2D eigenvalue weighted by atomic mass is 79.9. The predicted octanol–water partition coefficient (Wildman–Crippen LogP) is 3.86. The van der Waals surface area contributed by atoms with Gasteiger partial charge in [0.1, 0.15) is 5.78 Å². The molecule has 5 heteroatoms. The fraction of sp³-hybridized carbons (Fsp3) is 0.588. The van der Waals surface area contributed by atoms with Crippen LogP contribution in [0.2, 0.25) is 0 Å². The van der Waals surface area contributed by atoms with Crippen molar-refractivity contribution < 1.29 is 14.3 Å². The number of ketones is 1.